The Morgan fingerprint density at radius 2 is 2.06 bits per heavy atom. The highest BCUT2D eigenvalue weighted by Crippen LogP contribution is 2.12. The van der Waals surface area contributed by atoms with Gasteiger partial charge in [0.15, 0.2) is 0 Å². The molecule has 0 aliphatic heterocycles. The van der Waals surface area contributed by atoms with Gasteiger partial charge < -0.3 is 5.32 Å². The van der Waals surface area contributed by atoms with Crippen molar-refractivity contribution in [3.8, 4) is 0 Å². The second-order valence-electron chi connectivity index (χ2n) is 4.01. The van der Waals surface area contributed by atoms with Crippen LogP contribution in [0.5, 0.6) is 0 Å². The Labute approximate surface area is 105 Å². The van der Waals surface area contributed by atoms with E-state index in [0.717, 1.165) is 11.1 Å². The lowest BCUT2D eigenvalue weighted by molar-refractivity contribution is -0.121. The van der Waals surface area contributed by atoms with E-state index in [1.165, 1.54) is 0 Å². The molecule has 1 unspecified atom stereocenters. The van der Waals surface area contributed by atoms with Crippen molar-refractivity contribution in [2.24, 2.45) is 0 Å². The topological polar surface area (TPSA) is 29.1 Å². The number of benzene rings is 1. The van der Waals surface area contributed by atoms with Gasteiger partial charge in [0.25, 0.3) is 0 Å². The maximum Gasteiger partial charge on any atom is 0.224 e. The van der Waals surface area contributed by atoms with Crippen LogP contribution in [-0.4, -0.2) is 5.91 Å². The number of carbonyl (C=O) groups excluding carboxylic acids is 1. The quantitative estimate of drug-likeness (QED) is 0.880. The standard InChI is InChI=1S/C14H15NOS/c1-11(13-5-3-2-4-6-13)15-14(16)9-12-7-8-17-10-12/h2-8,10-11H,9H2,1H3,(H,15,16). The molecule has 0 aliphatic rings. The van der Waals surface area contributed by atoms with E-state index in [9.17, 15) is 4.79 Å². The molecule has 2 rings (SSSR count). The third kappa shape index (κ3) is 3.43. The molecule has 1 amide bonds. The average Bonchev–Trinajstić information content (AvgIpc) is 2.82. The zero-order chi connectivity index (χ0) is 12.1. The van der Waals surface area contributed by atoms with Crippen LogP contribution in [0.15, 0.2) is 47.2 Å². The number of rotatable bonds is 4. The smallest absolute Gasteiger partial charge is 0.224 e. The van der Waals surface area contributed by atoms with E-state index in [0.29, 0.717) is 6.42 Å². The lowest BCUT2D eigenvalue weighted by Gasteiger charge is -2.13. The van der Waals surface area contributed by atoms with E-state index in [4.69, 9.17) is 0 Å². The number of hydrogen-bond acceptors (Lipinski definition) is 2. The van der Waals surface area contributed by atoms with Gasteiger partial charge in [0.1, 0.15) is 0 Å². The lowest BCUT2D eigenvalue weighted by atomic mass is 10.1. The number of carbonyl (C=O) groups is 1. The molecular weight excluding hydrogens is 230 g/mol. The number of nitrogens with one attached hydrogen (secondary N) is 1. The summed E-state index contributed by atoms with van der Waals surface area (Å²) in [6.07, 6.45) is 0.459. The van der Waals surface area contributed by atoms with Gasteiger partial charge in [-0.25, -0.2) is 0 Å². The zero-order valence-corrected chi connectivity index (χ0v) is 10.5. The maximum atomic E-state index is 11.8. The summed E-state index contributed by atoms with van der Waals surface area (Å²) in [5, 5.41) is 7.00. The lowest BCUT2D eigenvalue weighted by Crippen LogP contribution is -2.27. The normalized spacial score (nSPS) is 12.1. The highest BCUT2D eigenvalue weighted by atomic mass is 32.1. The molecule has 0 bridgehead atoms. The fourth-order valence-electron chi connectivity index (χ4n) is 1.70. The third-order valence-corrected chi connectivity index (χ3v) is 3.35. The van der Waals surface area contributed by atoms with Gasteiger partial charge in [0.2, 0.25) is 5.91 Å². The molecule has 0 radical (unpaired) electrons. The van der Waals surface area contributed by atoms with Crippen LogP contribution in [0, 0.1) is 0 Å². The molecule has 0 fully saturated rings. The van der Waals surface area contributed by atoms with Crippen molar-refractivity contribution in [3.05, 3.63) is 58.3 Å². The second-order valence-corrected chi connectivity index (χ2v) is 4.79. The van der Waals surface area contributed by atoms with Crippen molar-refractivity contribution in [2.45, 2.75) is 19.4 Å². The average molecular weight is 245 g/mol. The van der Waals surface area contributed by atoms with E-state index in [-0.39, 0.29) is 11.9 Å². The Kier molecular flexibility index (Phi) is 3.94. The van der Waals surface area contributed by atoms with Gasteiger partial charge >= 0.3 is 0 Å². The molecule has 2 nitrogen and oxygen atoms in total. The van der Waals surface area contributed by atoms with Crippen molar-refractivity contribution in [2.75, 3.05) is 0 Å². The Bertz CT molecular complexity index is 464. The predicted octanol–water partition coefficient (Wildman–Crippen LogP) is 3.17. The summed E-state index contributed by atoms with van der Waals surface area (Å²) in [5.74, 6) is 0.0692. The first kappa shape index (κ1) is 11.9. The first-order valence-corrected chi connectivity index (χ1v) is 6.55. The van der Waals surface area contributed by atoms with Crippen LogP contribution in [0.1, 0.15) is 24.1 Å². The molecule has 2 aromatic rings. The van der Waals surface area contributed by atoms with Crippen LogP contribution in [-0.2, 0) is 11.2 Å². The van der Waals surface area contributed by atoms with E-state index >= 15 is 0 Å². The minimum atomic E-state index is 0.0577. The molecular formula is C14H15NOS. The molecule has 88 valence electrons. The highest BCUT2D eigenvalue weighted by molar-refractivity contribution is 7.07. The third-order valence-electron chi connectivity index (χ3n) is 2.62. The summed E-state index contributed by atoms with van der Waals surface area (Å²) in [7, 11) is 0. The summed E-state index contributed by atoms with van der Waals surface area (Å²) < 4.78 is 0. The van der Waals surface area contributed by atoms with E-state index in [1.54, 1.807) is 11.3 Å². The fraction of sp³-hybridized carbons (Fsp3) is 0.214. The molecule has 0 spiro atoms. The van der Waals surface area contributed by atoms with Gasteiger partial charge in [-0.1, -0.05) is 30.3 Å². The number of hydrogen-bond donors (Lipinski definition) is 1. The zero-order valence-electron chi connectivity index (χ0n) is 9.72. The van der Waals surface area contributed by atoms with Gasteiger partial charge in [0, 0.05) is 0 Å². The minimum Gasteiger partial charge on any atom is -0.349 e. The van der Waals surface area contributed by atoms with Crippen LogP contribution >= 0.6 is 11.3 Å². The summed E-state index contributed by atoms with van der Waals surface area (Å²) >= 11 is 1.62. The van der Waals surface area contributed by atoms with Crippen LogP contribution in [0.4, 0.5) is 0 Å². The molecule has 1 aromatic heterocycles. The molecule has 1 heterocycles. The summed E-state index contributed by atoms with van der Waals surface area (Å²) in [6, 6.07) is 12.0. The van der Waals surface area contributed by atoms with Crippen LogP contribution in [0.3, 0.4) is 0 Å². The van der Waals surface area contributed by atoms with Crippen molar-refractivity contribution in [1.29, 1.82) is 0 Å². The maximum absolute atomic E-state index is 11.8. The Morgan fingerprint density at radius 1 is 1.29 bits per heavy atom. The van der Waals surface area contributed by atoms with Gasteiger partial charge in [-0.2, -0.15) is 11.3 Å². The minimum absolute atomic E-state index is 0.0577. The Morgan fingerprint density at radius 3 is 2.71 bits per heavy atom. The summed E-state index contributed by atoms with van der Waals surface area (Å²) in [4.78, 5) is 11.8. The molecule has 0 aliphatic carbocycles. The van der Waals surface area contributed by atoms with Crippen molar-refractivity contribution in [3.63, 3.8) is 0 Å². The first-order valence-electron chi connectivity index (χ1n) is 5.61. The van der Waals surface area contributed by atoms with Gasteiger partial charge in [-0.3, -0.25) is 4.79 Å². The summed E-state index contributed by atoms with van der Waals surface area (Å²) in [6.45, 7) is 2.00. The molecule has 0 saturated heterocycles. The monoisotopic (exact) mass is 245 g/mol. The predicted molar refractivity (Wildman–Crippen MR) is 71.0 cm³/mol. The summed E-state index contributed by atoms with van der Waals surface area (Å²) in [5.41, 5.74) is 2.21. The second kappa shape index (κ2) is 5.64. The van der Waals surface area contributed by atoms with Gasteiger partial charge in [-0.05, 0) is 34.9 Å². The molecule has 1 aromatic carbocycles. The van der Waals surface area contributed by atoms with Gasteiger partial charge in [0.05, 0.1) is 12.5 Å². The highest BCUT2D eigenvalue weighted by Gasteiger charge is 2.09. The number of amides is 1. The SMILES string of the molecule is CC(NC(=O)Cc1ccsc1)c1ccccc1. The molecule has 3 heteroatoms. The molecule has 0 saturated carbocycles. The van der Waals surface area contributed by atoms with Crippen LogP contribution in [0.2, 0.25) is 0 Å². The largest absolute Gasteiger partial charge is 0.349 e. The van der Waals surface area contributed by atoms with Crippen molar-refractivity contribution < 1.29 is 4.79 Å². The first-order chi connectivity index (χ1) is 8.25. The van der Waals surface area contributed by atoms with E-state index in [2.05, 4.69) is 5.32 Å². The van der Waals surface area contributed by atoms with Crippen LogP contribution in [0.25, 0.3) is 0 Å². The molecule has 1 N–H and O–H groups in total. The van der Waals surface area contributed by atoms with E-state index in [1.807, 2.05) is 54.1 Å². The van der Waals surface area contributed by atoms with E-state index < -0.39 is 0 Å². The van der Waals surface area contributed by atoms with Crippen molar-refractivity contribution in [1.82, 2.24) is 5.32 Å². The Hall–Kier alpha value is -1.61. The van der Waals surface area contributed by atoms with Crippen molar-refractivity contribution >= 4 is 17.2 Å². The van der Waals surface area contributed by atoms with Gasteiger partial charge in [-0.15, -0.1) is 0 Å². The fourth-order valence-corrected chi connectivity index (χ4v) is 2.36. The van der Waals surface area contributed by atoms with Crippen LogP contribution < -0.4 is 5.32 Å². The molecule has 1 atom stereocenters. The Balaban J connectivity index is 1.91. The number of thiophene rings is 1. The molecule has 17 heavy (non-hydrogen) atoms.